The number of hydrogen-bond acceptors (Lipinski definition) is 6. The number of nitrogens with two attached hydrogens (primary N) is 1. The van der Waals surface area contributed by atoms with Crippen molar-refractivity contribution in [2.45, 2.75) is 31.4 Å². The Balaban J connectivity index is 3.63. The van der Waals surface area contributed by atoms with Crippen LogP contribution in [0.5, 0.6) is 0 Å². The van der Waals surface area contributed by atoms with Crippen LogP contribution in [0.15, 0.2) is 0 Å². The molecule has 0 aromatic rings. The highest BCUT2D eigenvalue weighted by Crippen LogP contribution is 1.99. The van der Waals surface area contributed by atoms with Crippen molar-refractivity contribution in [3.63, 3.8) is 0 Å². The topological polar surface area (TPSA) is 130 Å². The summed E-state index contributed by atoms with van der Waals surface area (Å²) >= 11 is 0. The summed E-state index contributed by atoms with van der Waals surface area (Å²) in [6.07, 6.45) is -0.895. The first-order valence-electron chi connectivity index (χ1n) is 4.90. The van der Waals surface area contributed by atoms with Crippen LogP contribution in [0.2, 0.25) is 0 Å². The molecule has 0 aromatic carbocycles. The fraction of sp³-hybridized carbons (Fsp3) is 0.778. The minimum absolute atomic E-state index is 0.00966. The number of aliphatic hydroxyl groups is 2. The van der Waals surface area contributed by atoms with Crippen molar-refractivity contribution in [2.75, 3.05) is 13.2 Å². The van der Waals surface area contributed by atoms with Crippen molar-refractivity contribution < 1.29 is 29.6 Å². The molecule has 2 atom stereocenters. The van der Waals surface area contributed by atoms with Crippen molar-refractivity contribution in [1.82, 2.24) is 0 Å². The summed E-state index contributed by atoms with van der Waals surface area (Å²) in [7, 11) is 0. The van der Waals surface area contributed by atoms with E-state index < -0.39 is 24.1 Å². The van der Waals surface area contributed by atoms with Crippen LogP contribution in [0.4, 0.5) is 0 Å². The Morgan fingerprint density at radius 1 is 1.31 bits per heavy atom. The van der Waals surface area contributed by atoms with E-state index in [-0.39, 0.29) is 32.5 Å². The molecule has 0 aliphatic rings. The van der Waals surface area contributed by atoms with Gasteiger partial charge in [-0.25, -0.2) is 0 Å². The average molecular weight is 235 g/mol. The summed E-state index contributed by atoms with van der Waals surface area (Å²) in [5, 5.41) is 26.0. The van der Waals surface area contributed by atoms with Gasteiger partial charge in [-0.2, -0.15) is 0 Å². The SMILES string of the molecule is N[C@@H](CCC(=O)OCC(O)CCO)C(=O)O. The summed E-state index contributed by atoms with van der Waals surface area (Å²) in [6.45, 7) is -0.399. The van der Waals surface area contributed by atoms with E-state index in [1.807, 2.05) is 0 Å². The Kier molecular flexibility index (Phi) is 7.44. The van der Waals surface area contributed by atoms with Gasteiger partial charge in [-0.05, 0) is 12.8 Å². The van der Waals surface area contributed by atoms with Gasteiger partial charge >= 0.3 is 11.9 Å². The van der Waals surface area contributed by atoms with Crippen LogP contribution in [-0.4, -0.2) is 52.6 Å². The molecule has 0 bridgehead atoms. The predicted octanol–water partition coefficient (Wildman–Crippen LogP) is -1.53. The summed E-state index contributed by atoms with van der Waals surface area (Å²) in [6, 6.07) is -1.09. The highest BCUT2D eigenvalue weighted by atomic mass is 16.5. The number of rotatable bonds is 8. The smallest absolute Gasteiger partial charge is 0.320 e. The molecule has 16 heavy (non-hydrogen) atoms. The quantitative estimate of drug-likeness (QED) is 0.375. The molecule has 0 aliphatic heterocycles. The summed E-state index contributed by atoms with van der Waals surface area (Å²) in [5.74, 6) is -1.79. The van der Waals surface area contributed by atoms with E-state index in [9.17, 15) is 9.59 Å². The van der Waals surface area contributed by atoms with Crippen LogP contribution < -0.4 is 5.73 Å². The van der Waals surface area contributed by atoms with Gasteiger partial charge in [-0.1, -0.05) is 0 Å². The standard InChI is InChI=1S/C9H17NO6/c10-7(9(14)15)1-2-8(13)16-5-6(12)3-4-11/h6-7,11-12H,1-5,10H2,(H,14,15)/t6?,7-/m0/s1. The number of aliphatic carboxylic acids is 1. The van der Waals surface area contributed by atoms with Crippen LogP contribution in [0, 0.1) is 0 Å². The number of esters is 1. The fourth-order valence-corrected chi connectivity index (χ4v) is 0.890. The number of carboxylic acid groups (broad SMARTS) is 1. The van der Waals surface area contributed by atoms with E-state index in [1.165, 1.54) is 0 Å². The molecule has 5 N–H and O–H groups in total. The number of carbonyl (C=O) groups excluding carboxylic acids is 1. The zero-order valence-corrected chi connectivity index (χ0v) is 8.83. The van der Waals surface area contributed by atoms with Crippen molar-refractivity contribution >= 4 is 11.9 Å². The number of ether oxygens (including phenoxy) is 1. The molecule has 1 unspecified atom stereocenters. The first-order chi connectivity index (χ1) is 7.47. The third kappa shape index (κ3) is 7.16. The van der Waals surface area contributed by atoms with E-state index in [0.717, 1.165) is 0 Å². The molecule has 7 heteroatoms. The molecule has 0 spiro atoms. The molecule has 0 heterocycles. The van der Waals surface area contributed by atoms with Crippen LogP contribution >= 0.6 is 0 Å². The lowest BCUT2D eigenvalue weighted by Crippen LogP contribution is -2.31. The molecule has 0 saturated carbocycles. The Bertz CT molecular complexity index is 232. The predicted molar refractivity (Wildman–Crippen MR) is 53.5 cm³/mol. The zero-order chi connectivity index (χ0) is 12.6. The second kappa shape index (κ2) is 8.03. The van der Waals surface area contributed by atoms with Gasteiger partial charge in [0, 0.05) is 13.0 Å². The Hall–Kier alpha value is -1.18. The fourth-order valence-electron chi connectivity index (χ4n) is 0.890. The minimum Gasteiger partial charge on any atom is -0.480 e. The molecule has 0 rings (SSSR count). The molecule has 0 amide bonds. The van der Waals surface area contributed by atoms with E-state index in [4.69, 9.17) is 21.1 Å². The van der Waals surface area contributed by atoms with Crippen LogP contribution in [0.1, 0.15) is 19.3 Å². The van der Waals surface area contributed by atoms with Crippen LogP contribution in [0.3, 0.4) is 0 Å². The van der Waals surface area contributed by atoms with Crippen molar-refractivity contribution in [1.29, 1.82) is 0 Å². The van der Waals surface area contributed by atoms with E-state index in [0.29, 0.717) is 0 Å². The lowest BCUT2D eigenvalue weighted by molar-refractivity contribution is -0.147. The van der Waals surface area contributed by atoms with Gasteiger partial charge in [0.05, 0.1) is 6.10 Å². The molecule has 94 valence electrons. The summed E-state index contributed by atoms with van der Waals surface area (Å²) < 4.78 is 4.64. The number of aliphatic hydroxyl groups excluding tert-OH is 2. The maximum Gasteiger partial charge on any atom is 0.320 e. The summed E-state index contributed by atoms with van der Waals surface area (Å²) in [4.78, 5) is 21.4. The maximum atomic E-state index is 11.0. The monoisotopic (exact) mass is 235 g/mol. The summed E-state index contributed by atoms with van der Waals surface area (Å²) in [5.41, 5.74) is 5.18. The van der Waals surface area contributed by atoms with Crippen molar-refractivity contribution in [3.05, 3.63) is 0 Å². The molecule has 0 fully saturated rings. The minimum atomic E-state index is -1.17. The van der Waals surface area contributed by atoms with E-state index >= 15 is 0 Å². The van der Waals surface area contributed by atoms with Crippen molar-refractivity contribution in [3.8, 4) is 0 Å². The highest BCUT2D eigenvalue weighted by Gasteiger charge is 2.14. The molecule has 0 saturated heterocycles. The first-order valence-corrected chi connectivity index (χ1v) is 4.90. The number of carbonyl (C=O) groups is 2. The molecule has 0 aromatic heterocycles. The van der Waals surface area contributed by atoms with Gasteiger partial charge in [-0.3, -0.25) is 9.59 Å². The zero-order valence-electron chi connectivity index (χ0n) is 8.83. The average Bonchev–Trinajstić information content (AvgIpc) is 2.23. The van der Waals surface area contributed by atoms with Gasteiger partial charge in [-0.15, -0.1) is 0 Å². The van der Waals surface area contributed by atoms with Crippen molar-refractivity contribution in [2.24, 2.45) is 5.73 Å². The molecular formula is C9H17NO6. The Morgan fingerprint density at radius 3 is 2.44 bits per heavy atom. The first kappa shape index (κ1) is 14.8. The lowest BCUT2D eigenvalue weighted by atomic mass is 10.2. The molecule has 7 nitrogen and oxygen atoms in total. The van der Waals surface area contributed by atoms with E-state index in [2.05, 4.69) is 4.74 Å². The van der Waals surface area contributed by atoms with E-state index in [1.54, 1.807) is 0 Å². The number of carboxylic acids is 1. The lowest BCUT2D eigenvalue weighted by Gasteiger charge is -2.10. The highest BCUT2D eigenvalue weighted by molar-refractivity contribution is 5.75. The van der Waals surface area contributed by atoms with Crippen LogP contribution in [-0.2, 0) is 14.3 Å². The Labute approximate surface area is 92.8 Å². The molecule has 0 radical (unpaired) electrons. The normalized spacial score (nSPS) is 14.2. The molecule has 0 aliphatic carbocycles. The Morgan fingerprint density at radius 2 is 1.94 bits per heavy atom. The van der Waals surface area contributed by atoms with Gasteiger partial charge < -0.3 is 25.8 Å². The van der Waals surface area contributed by atoms with Crippen LogP contribution in [0.25, 0.3) is 0 Å². The van der Waals surface area contributed by atoms with Gasteiger partial charge in [0.2, 0.25) is 0 Å². The third-order valence-electron chi connectivity index (χ3n) is 1.88. The van der Waals surface area contributed by atoms with Gasteiger partial charge in [0.25, 0.3) is 0 Å². The largest absolute Gasteiger partial charge is 0.480 e. The second-order valence-corrected chi connectivity index (χ2v) is 3.33. The third-order valence-corrected chi connectivity index (χ3v) is 1.88. The van der Waals surface area contributed by atoms with Gasteiger partial charge in [0.15, 0.2) is 0 Å². The molecular weight excluding hydrogens is 218 g/mol. The number of hydrogen-bond donors (Lipinski definition) is 4. The van der Waals surface area contributed by atoms with Gasteiger partial charge in [0.1, 0.15) is 12.6 Å². The second-order valence-electron chi connectivity index (χ2n) is 3.33. The maximum absolute atomic E-state index is 11.0.